The molecule has 0 aliphatic heterocycles. The van der Waals surface area contributed by atoms with E-state index in [1.54, 1.807) is 0 Å². The van der Waals surface area contributed by atoms with Gasteiger partial charge in [0.15, 0.2) is 0 Å². The maximum atomic E-state index is 13.3. The first-order valence-electron chi connectivity index (χ1n) is 5.44. The second-order valence-corrected chi connectivity index (χ2v) is 6.69. The van der Waals surface area contributed by atoms with Gasteiger partial charge in [-0.2, -0.15) is 51.6 Å². The van der Waals surface area contributed by atoms with E-state index >= 15 is 0 Å². The first kappa shape index (κ1) is 20.9. The molecule has 14 heteroatoms. The van der Waals surface area contributed by atoms with Crippen LogP contribution in [0.2, 0.25) is 0 Å². The largest absolute Gasteiger partial charge is 0.460 e. The highest BCUT2D eigenvalue weighted by Gasteiger charge is 2.85. The van der Waals surface area contributed by atoms with Crippen molar-refractivity contribution >= 4 is 22.2 Å². The fraction of sp³-hybridized carbons (Fsp3) is 0.400. The van der Waals surface area contributed by atoms with Crippen LogP contribution in [-0.4, -0.2) is 31.7 Å². The lowest BCUT2D eigenvalue weighted by Crippen LogP contribution is -2.63. The molecule has 0 bridgehead atoms. The van der Waals surface area contributed by atoms with Gasteiger partial charge in [0.25, 0.3) is 0 Å². The predicted octanol–water partition coefficient (Wildman–Crippen LogP) is 4.47. The van der Waals surface area contributed by atoms with Crippen molar-refractivity contribution in [3.8, 4) is 0 Å². The van der Waals surface area contributed by atoms with Crippen molar-refractivity contribution < 1.29 is 51.6 Å². The Morgan fingerprint density at radius 2 is 1.25 bits per heavy atom. The smallest absolute Gasteiger partial charge is 0.192 e. The third-order valence-corrected chi connectivity index (χ3v) is 4.73. The lowest BCUT2D eigenvalue weighted by Gasteiger charge is -2.32. The van der Waals surface area contributed by atoms with Crippen LogP contribution in [0, 0.1) is 0 Å². The van der Waals surface area contributed by atoms with E-state index in [0.29, 0.717) is 0 Å². The molecule has 1 aromatic carbocycles. The molecule has 0 aliphatic carbocycles. The molecule has 0 saturated heterocycles. The van der Waals surface area contributed by atoms with Gasteiger partial charge in [-0.05, 0) is 12.1 Å². The van der Waals surface area contributed by atoms with Crippen molar-refractivity contribution in [1.29, 1.82) is 0 Å². The minimum atomic E-state index is -7.32. The quantitative estimate of drug-likeness (QED) is 0.515. The topological polar surface area (TPSA) is 43.4 Å². The molecular formula is C10H5F9O3S2. The summed E-state index contributed by atoms with van der Waals surface area (Å²) < 4.78 is 139. The zero-order valence-corrected chi connectivity index (χ0v) is 12.5. The summed E-state index contributed by atoms with van der Waals surface area (Å²) in [5, 5.41) is -6.86. The van der Waals surface area contributed by atoms with Crippen LogP contribution in [-0.2, 0) is 13.7 Å². The second kappa shape index (κ2) is 6.29. The summed E-state index contributed by atoms with van der Waals surface area (Å²) in [6.07, 6.45) is -7.12. The van der Waals surface area contributed by atoms with Crippen LogP contribution < -0.4 is 0 Å². The lowest BCUT2D eigenvalue weighted by molar-refractivity contribution is -0.382. The van der Waals surface area contributed by atoms with Crippen molar-refractivity contribution in [2.24, 2.45) is 0 Å². The van der Waals surface area contributed by atoms with Gasteiger partial charge < -0.3 is 0 Å². The highest BCUT2D eigenvalue weighted by atomic mass is 32.3. The SMILES string of the molecule is O=S(=O)(OSc1ccccc1)C(F)(F)C(F)(F)C(F)(F)C(F)(F)F. The van der Waals surface area contributed by atoms with E-state index in [-0.39, 0.29) is 4.90 Å². The van der Waals surface area contributed by atoms with Gasteiger partial charge in [0.1, 0.15) is 0 Å². The van der Waals surface area contributed by atoms with Crippen molar-refractivity contribution in [3.05, 3.63) is 30.3 Å². The summed E-state index contributed by atoms with van der Waals surface area (Å²) in [5.74, 6) is -14.6. The standard InChI is InChI=1S/C10H5F9O3S2/c11-7(12,9(15,16)17)8(13,14)10(18,19)24(20,21)22-23-6-4-2-1-3-5-6/h1-5H. The van der Waals surface area contributed by atoms with Crippen LogP contribution in [0.25, 0.3) is 0 Å². The van der Waals surface area contributed by atoms with Crippen LogP contribution in [0.3, 0.4) is 0 Å². The van der Waals surface area contributed by atoms with Crippen LogP contribution in [0.5, 0.6) is 0 Å². The van der Waals surface area contributed by atoms with Crippen LogP contribution in [0.1, 0.15) is 0 Å². The van der Waals surface area contributed by atoms with Crippen molar-refractivity contribution in [2.45, 2.75) is 28.2 Å². The van der Waals surface area contributed by atoms with Crippen LogP contribution >= 0.6 is 12.0 Å². The third-order valence-electron chi connectivity index (χ3n) is 2.39. The number of rotatable bonds is 6. The average Bonchev–Trinajstić information content (AvgIpc) is 2.44. The normalized spacial score (nSPS) is 14.7. The highest BCUT2D eigenvalue weighted by molar-refractivity contribution is 8.04. The van der Waals surface area contributed by atoms with Crippen molar-refractivity contribution in [2.75, 3.05) is 0 Å². The van der Waals surface area contributed by atoms with E-state index in [2.05, 4.69) is 3.63 Å². The van der Waals surface area contributed by atoms with Gasteiger partial charge >= 0.3 is 33.4 Å². The Balaban J connectivity index is 3.16. The van der Waals surface area contributed by atoms with E-state index in [4.69, 9.17) is 0 Å². The molecule has 138 valence electrons. The van der Waals surface area contributed by atoms with E-state index in [1.807, 2.05) is 0 Å². The monoisotopic (exact) mass is 408 g/mol. The summed E-state index contributed by atoms with van der Waals surface area (Å²) in [5.41, 5.74) is 0. The number of hydrogen-bond donors (Lipinski definition) is 0. The molecule has 0 saturated carbocycles. The highest BCUT2D eigenvalue weighted by Crippen LogP contribution is 2.55. The minimum absolute atomic E-state index is 0.220. The predicted molar refractivity (Wildman–Crippen MR) is 63.2 cm³/mol. The summed E-state index contributed by atoms with van der Waals surface area (Å²) in [6.45, 7) is 0. The zero-order valence-electron chi connectivity index (χ0n) is 10.8. The molecule has 0 aliphatic rings. The Hall–Kier alpha value is -1.15. The van der Waals surface area contributed by atoms with Gasteiger partial charge in [0.2, 0.25) is 0 Å². The van der Waals surface area contributed by atoms with Gasteiger partial charge in [0.05, 0.1) is 0 Å². The average molecular weight is 408 g/mol. The molecule has 0 spiro atoms. The van der Waals surface area contributed by atoms with E-state index < -0.39 is 45.4 Å². The molecule has 0 aromatic heterocycles. The Kier molecular flexibility index (Phi) is 5.48. The Morgan fingerprint density at radius 1 is 0.792 bits per heavy atom. The fourth-order valence-corrected chi connectivity index (χ4v) is 2.85. The number of halogens is 9. The van der Waals surface area contributed by atoms with Crippen molar-refractivity contribution in [1.82, 2.24) is 0 Å². The summed E-state index contributed by atoms with van der Waals surface area (Å²) in [7, 11) is -6.86. The summed E-state index contributed by atoms with van der Waals surface area (Å²) in [6, 6.07) is 6.04. The zero-order chi connectivity index (χ0) is 19.0. The molecule has 0 radical (unpaired) electrons. The van der Waals surface area contributed by atoms with Gasteiger partial charge in [0, 0.05) is 16.9 Å². The number of benzene rings is 1. The van der Waals surface area contributed by atoms with Gasteiger partial charge in [-0.25, -0.2) is 0 Å². The lowest BCUT2D eigenvalue weighted by atomic mass is 10.1. The molecule has 0 heterocycles. The molecule has 0 N–H and O–H groups in total. The van der Waals surface area contributed by atoms with E-state index in [1.165, 1.54) is 18.2 Å². The van der Waals surface area contributed by atoms with Crippen LogP contribution in [0.4, 0.5) is 39.5 Å². The molecule has 1 aromatic rings. The molecule has 24 heavy (non-hydrogen) atoms. The van der Waals surface area contributed by atoms with Gasteiger partial charge in [-0.1, -0.05) is 18.2 Å². The Morgan fingerprint density at radius 3 is 1.67 bits per heavy atom. The first-order valence-corrected chi connectivity index (χ1v) is 7.59. The van der Waals surface area contributed by atoms with E-state index in [0.717, 1.165) is 12.1 Å². The second-order valence-electron chi connectivity index (χ2n) is 4.08. The fourth-order valence-electron chi connectivity index (χ4n) is 1.12. The Bertz CT molecular complexity index is 671. The molecule has 0 fully saturated rings. The Labute approximate surface area is 133 Å². The molecule has 1 rings (SSSR count). The molecule has 0 unspecified atom stereocenters. The number of hydrogen-bond acceptors (Lipinski definition) is 4. The maximum absolute atomic E-state index is 13.3. The molecular weight excluding hydrogens is 403 g/mol. The maximum Gasteiger partial charge on any atom is 0.460 e. The van der Waals surface area contributed by atoms with Gasteiger partial charge in [-0.3, -0.25) is 0 Å². The minimum Gasteiger partial charge on any atom is -0.192 e. The molecule has 0 atom stereocenters. The molecule has 3 nitrogen and oxygen atoms in total. The number of alkyl halides is 9. The van der Waals surface area contributed by atoms with E-state index in [9.17, 15) is 47.9 Å². The first-order chi connectivity index (χ1) is 10.6. The van der Waals surface area contributed by atoms with Crippen molar-refractivity contribution in [3.63, 3.8) is 0 Å². The molecule has 0 amide bonds. The van der Waals surface area contributed by atoms with Gasteiger partial charge in [-0.15, -0.1) is 0 Å². The third kappa shape index (κ3) is 3.44. The van der Waals surface area contributed by atoms with Crippen LogP contribution in [0.15, 0.2) is 35.2 Å². The summed E-state index contributed by atoms with van der Waals surface area (Å²) in [4.78, 5) is -0.220. The summed E-state index contributed by atoms with van der Waals surface area (Å²) >= 11 is -0.439.